The van der Waals surface area contributed by atoms with Crippen LogP contribution in [0.3, 0.4) is 0 Å². The molecule has 0 spiro atoms. The lowest BCUT2D eigenvalue weighted by Crippen LogP contribution is -2.68. The molecule has 194 valence electrons. The zero-order valence-corrected chi connectivity index (χ0v) is 22.3. The van der Waals surface area contributed by atoms with Crippen LogP contribution in [0.4, 0.5) is 0 Å². The maximum absolute atomic E-state index is 12.4. The maximum atomic E-state index is 12.4. The highest BCUT2D eigenvalue weighted by Gasteiger charge is 2.68. The second kappa shape index (κ2) is 9.19. The molecule has 3 saturated carbocycles. The summed E-state index contributed by atoms with van der Waals surface area (Å²) in [5, 5.41) is 35.5. The molecule has 0 heterocycles. The molecular weight excluding hydrogens is 428 g/mol. The van der Waals surface area contributed by atoms with Crippen molar-refractivity contribution in [3.63, 3.8) is 0 Å². The van der Waals surface area contributed by atoms with Gasteiger partial charge in [0, 0.05) is 12.3 Å². The van der Waals surface area contributed by atoms with E-state index in [1.807, 2.05) is 0 Å². The second-order valence-corrected chi connectivity index (χ2v) is 13.1. The Hall–Kier alpha value is -0.910. The van der Waals surface area contributed by atoms with Crippen molar-refractivity contribution in [2.24, 2.45) is 34.5 Å². The van der Waals surface area contributed by atoms with Crippen LogP contribution in [0.15, 0.2) is 11.1 Å². The number of allylic oxidation sites excluding steroid dienone is 1. The minimum Gasteiger partial charge on any atom is -0.463 e. The Morgan fingerprint density at radius 1 is 1.12 bits per heavy atom. The fourth-order valence-electron chi connectivity index (χ4n) is 8.86. The first-order chi connectivity index (χ1) is 15.8. The van der Waals surface area contributed by atoms with Crippen LogP contribution < -0.4 is 0 Å². The monoisotopic (exact) mass is 476 g/mol. The van der Waals surface area contributed by atoms with Crippen LogP contribution in [0.1, 0.15) is 106 Å². The van der Waals surface area contributed by atoms with Crippen molar-refractivity contribution >= 4 is 5.97 Å². The van der Waals surface area contributed by atoms with Gasteiger partial charge in [-0.2, -0.15) is 0 Å². The first-order valence-corrected chi connectivity index (χ1v) is 13.8. The van der Waals surface area contributed by atoms with Crippen molar-refractivity contribution in [2.45, 2.75) is 130 Å². The zero-order chi connectivity index (χ0) is 25.1. The van der Waals surface area contributed by atoms with Gasteiger partial charge in [-0.25, -0.2) is 0 Å². The highest BCUT2D eigenvalue weighted by Crippen LogP contribution is 2.67. The molecule has 9 atom stereocenters. The number of rotatable bonds is 6. The minimum absolute atomic E-state index is 0.00103. The van der Waals surface area contributed by atoms with Crippen molar-refractivity contribution in [1.29, 1.82) is 0 Å². The van der Waals surface area contributed by atoms with Gasteiger partial charge >= 0.3 is 5.97 Å². The van der Waals surface area contributed by atoms with Gasteiger partial charge in [0.1, 0.15) is 11.7 Å². The van der Waals surface area contributed by atoms with E-state index in [-0.39, 0.29) is 23.4 Å². The van der Waals surface area contributed by atoms with E-state index >= 15 is 0 Å². The van der Waals surface area contributed by atoms with E-state index in [1.165, 1.54) is 31.8 Å². The molecule has 5 nitrogen and oxygen atoms in total. The predicted molar refractivity (Wildman–Crippen MR) is 133 cm³/mol. The Labute approximate surface area is 206 Å². The lowest BCUT2D eigenvalue weighted by molar-refractivity contribution is -0.216. The lowest BCUT2D eigenvalue weighted by atomic mass is 9.45. The van der Waals surface area contributed by atoms with Crippen LogP contribution in [0.5, 0.6) is 0 Å². The van der Waals surface area contributed by atoms with E-state index in [1.54, 1.807) is 0 Å². The molecule has 3 fully saturated rings. The van der Waals surface area contributed by atoms with Crippen molar-refractivity contribution in [1.82, 2.24) is 0 Å². The smallest absolute Gasteiger partial charge is 0.302 e. The number of hydrogen-bond donors (Lipinski definition) is 3. The summed E-state index contributed by atoms with van der Waals surface area (Å²) in [6, 6.07) is 0. The zero-order valence-electron chi connectivity index (χ0n) is 22.3. The maximum Gasteiger partial charge on any atom is 0.302 e. The highest BCUT2D eigenvalue weighted by atomic mass is 16.5. The van der Waals surface area contributed by atoms with E-state index in [2.05, 4.69) is 34.6 Å². The molecule has 0 aromatic rings. The van der Waals surface area contributed by atoms with Gasteiger partial charge < -0.3 is 20.1 Å². The molecule has 4 aliphatic carbocycles. The molecule has 4 rings (SSSR count). The van der Waals surface area contributed by atoms with Crippen molar-refractivity contribution < 1.29 is 24.9 Å². The van der Waals surface area contributed by atoms with E-state index in [4.69, 9.17) is 4.74 Å². The Balaban J connectivity index is 1.65. The molecule has 34 heavy (non-hydrogen) atoms. The molecule has 0 aromatic heterocycles. The molecule has 0 unspecified atom stereocenters. The Bertz CT molecular complexity index is 819. The molecule has 4 aliphatic rings. The van der Waals surface area contributed by atoms with Gasteiger partial charge in [0.15, 0.2) is 0 Å². The second-order valence-electron chi connectivity index (χ2n) is 13.1. The first kappa shape index (κ1) is 26.2. The third kappa shape index (κ3) is 3.98. The number of carbonyl (C=O) groups is 1. The van der Waals surface area contributed by atoms with Crippen LogP contribution in [-0.4, -0.2) is 45.2 Å². The van der Waals surface area contributed by atoms with Crippen LogP contribution in [0, 0.1) is 34.5 Å². The number of ether oxygens (including phenoxy) is 1. The molecule has 0 aliphatic heterocycles. The van der Waals surface area contributed by atoms with Gasteiger partial charge in [0.25, 0.3) is 0 Å². The summed E-state index contributed by atoms with van der Waals surface area (Å²) in [4.78, 5) is 11.5. The third-order valence-corrected chi connectivity index (χ3v) is 10.7. The summed E-state index contributed by atoms with van der Waals surface area (Å²) in [6.07, 6.45) is 6.96. The quantitative estimate of drug-likeness (QED) is 0.364. The molecule has 0 bridgehead atoms. The molecule has 0 radical (unpaired) electrons. The topological polar surface area (TPSA) is 87.0 Å². The summed E-state index contributed by atoms with van der Waals surface area (Å²) in [5.74, 6) is 1.47. The van der Waals surface area contributed by atoms with Crippen molar-refractivity contribution in [2.75, 3.05) is 0 Å². The largest absolute Gasteiger partial charge is 0.463 e. The Morgan fingerprint density at radius 3 is 2.47 bits per heavy atom. The first-order valence-electron chi connectivity index (χ1n) is 13.8. The lowest BCUT2D eigenvalue weighted by Gasteiger charge is -2.63. The number of aliphatic hydroxyl groups is 3. The van der Waals surface area contributed by atoms with Crippen LogP contribution in [-0.2, 0) is 9.53 Å². The summed E-state index contributed by atoms with van der Waals surface area (Å²) in [5.41, 5.74) is -0.142. The fraction of sp³-hybridized carbons (Fsp3) is 0.897. The number of aliphatic hydroxyl groups excluding tert-OH is 2. The van der Waals surface area contributed by atoms with Gasteiger partial charge in [-0.1, -0.05) is 59.5 Å². The van der Waals surface area contributed by atoms with Gasteiger partial charge in [-0.15, -0.1) is 0 Å². The molecule has 5 heteroatoms. The highest BCUT2D eigenvalue weighted by molar-refractivity contribution is 5.66. The Morgan fingerprint density at radius 2 is 1.82 bits per heavy atom. The number of hydrogen-bond acceptors (Lipinski definition) is 5. The average Bonchev–Trinajstić information content (AvgIpc) is 3.05. The average molecular weight is 477 g/mol. The van der Waals surface area contributed by atoms with Gasteiger partial charge in [-0.05, 0) is 79.6 Å². The fourth-order valence-corrected chi connectivity index (χ4v) is 8.86. The summed E-state index contributed by atoms with van der Waals surface area (Å²) < 4.78 is 5.51. The van der Waals surface area contributed by atoms with E-state index in [0.29, 0.717) is 43.9 Å². The number of fused-ring (bicyclic) bond motifs is 4. The van der Waals surface area contributed by atoms with E-state index < -0.39 is 23.2 Å². The van der Waals surface area contributed by atoms with Crippen LogP contribution in [0.2, 0.25) is 0 Å². The van der Waals surface area contributed by atoms with Gasteiger partial charge in [0.2, 0.25) is 0 Å². The Kier molecular flexibility index (Phi) is 7.07. The summed E-state index contributed by atoms with van der Waals surface area (Å²) in [7, 11) is 0. The molecular formula is C29H48O5. The normalized spacial score (nSPS) is 44.9. The van der Waals surface area contributed by atoms with Crippen LogP contribution in [0.25, 0.3) is 0 Å². The van der Waals surface area contributed by atoms with Crippen LogP contribution >= 0.6 is 0 Å². The molecule has 0 amide bonds. The minimum atomic E-state index is -1.42. The molecule has 0 saturated heterocycles. The molecule has 3 N–H and O–H groups in total. The molecule has 0 aromatic carbocycles. The van der Waals surface area contributed by atoms with Crippen molar-refractivity contribution in [3.8, 4) is 0 Å². The predicted octanol–water partition coefficient (Wildman–Crippen LogP) is 5.16. The number of carbonyl (C=O) groups excluding carboxylic acids is 1. The van der Waals surface area contributed by atoms with Gasteiger partial charge in [0.05, 0.1) is 12.2 Å². The summed E-state index contributed by atoms with van der Waals surface area (Å²) >= 11 is 0. The van der Waals surface area contributed by atoms with E-state index in [9.17, 15) is 20.1 Å². The van der Waals surface area contributed by atoms with E-state index in [0.717, 1.165) is 24.3 Å². The SMILES string of the molecule is CC(=O)O[C@H]1CC[C@@]2(C)[C@H](C1)C[C@@H](O)C1=C3CC[C@H]([C@H](C)CCCC(C)C)[C@@]3(C)C[C@@H](O)[C@@]12O. The van der Waals surface area contributed by atoms with Crippen molar-refractivity contribution in [3.05, 3.63) is 11.1 Å². The summed E-state index contributed by atoms with van der Waals surface area (Å²) in [6.45, 7) is 12.7. The standard InChI is InChI=1S/C29H48O5/c1-17(2)8-7-9-18(3)22-10-11-23-26-24(31)15-20-14-21(34-19(4)30)12-13-28(20,6)29(26,33)25(32)16-27(22,23)5/h17-18,20-22,24-25,31-33H,7-16H2,1-6H3/t18-,20-,21+,22-,24-,25-,27-,28+,29-/m1/s1. The number of esters is 1. The third-order valence-electron chi connectivity index (χ3n) is 10.7. The van der Waals surface area contributed by atoms with Gasteiger partial charge in [-0.3, -0.25) is 4.79 Å².